The Bertz CT molecular complexity index is 734. The SMILES string of the molecule is CN=C(NCC1(c2ccc3c(c2)OCO3)CCOCC1)N1CCSC(C(C)C)C1. The van der Waals surface area contributed by atoms with Crippen LogP contribution in [0.15, 0.2) is 23.2 Å². The molecule has 29 heavy (non-hydrogen) atoms. The second-order valence-corrected chi connectivity index (χ2v) is 9.81. The van der Waals surface area contributed by atoms with Crippen LogP contribution in [0.4, 0.5) is 0 Å². The number of hydrogen-bond donors (Lipinski definition) is 1. The molecule has 0 spiro atoms. The summed E-state index contributed by atoms with van der Waals surface area (Å²) in [5, 5.41) is 4.37. The van der Waals surface area contributed by atoms with Gasteiger partial charge in [-0.05, 0) is 36.5 Å². The summed E-state index contributed by atoms with van der Waals surface area (Å²) in [5.74, 6) is 4.54. The van der Waals surface area contributed by atoms with Gasteiger partial charge in [0.05, 0.1) is 0 Å². The van der Waals surface area contributed by atoms with Crippen molar-refractivity contribution < 1.29 is 14.2 Å². The average molecular weight is 420 g/mol. The lowest BCUT2D eigenvalue weighted by molar-refractivity contribution is 0.0511. The number of nitrogens with zero attached hydrogens (tertiary/aromatic N) is 2. The number of guanidine groups is 1. The van der Waals surface area contributed by atoms with Gasteiger partial charge in [-0.25, -0.2) is 0 Å². The Kier molecular flexibility index (Phi) is 6.44. The summed E-state index contributed by atoms with van der Waals surface area (Å²) in [6, 6.07) is 6.39. The van der Waals surface area contributed by atoms with Crippen LogP contribution in [0.2, 0.25) is 0 Å². The predicted molar refractivity (Wildman–Crippen MR) is 118 cm³/mol. The molecular formula is C22H33N3O3S. The van der Waals surface area contributed by atoms with Gasteiger partial charge < -0.3 is 24.4 Å². The zero-order valence-electron chi connectivity index (χ0n) is 17.8. The molecule has 0 amide bonds. The normalized spacial score (nSPS) is 24.1. The first kappa shape index (κ1) is 20.7. The summed E-state index contributed by atoms with van der Waals surface area (Å²) < 4.78 is 16.9. The minimum atomic E-state index is 0.0111. The van der Waals surface area contributed by atoms with Crippen molar-refractivity contribution in [2.24, 2.45) is 10.9 Å². The van der Waals surface area contributed by atoms with Gasteiger partial charge in [-0.1, -0.05) is 19.9 Å². The van der Waals surface area contributed by atoms with Gasteiger partial charge in [0, 0.05) is 56.3 Å². The molecule has 1 atom stereocenters. The summed E-state index contributed by atoms with van der Waals surface area (Å²) in [7, 11) is 1.89. The molecule has 160 valence electrons. The summed E-state index contributed by atoms with van der Waals surface area (Å²) in [5.41, 5.74) is 1.30. The first-order chi connectivity index (χ1) is 14.1. The fourth-order valence-corrected chi connectivity index (χ4v) is 5.71. The molecule has 0 saturated carbocycles. The predicted octanol–water partition coefficient (Wildman–Crippen LogP) is 3.11. The Balaban J connectivity index is 1.49. The zero-order chi connectivity index (χ0) is 20.3. The smallest absolute Gasteiger partial charge is 0.231 e. The van der Waals surface area contributed by atoms with Crippen LogP contribution >= 0.6 is 11.8 Å². The monoisotopic (exact) mass is 419 g/mol. The van der Waals surface area contributed by atoms with Gasteiger partial charge in [0.15, 0.2) is 17.5 Å². The van der Waals surface area contributed by atoms with E-state index in [9.17, 15) is 0 Å². The summed E-state index contributed by atoms with van der Waals surface area (Å²) >= 11 is 2.09. The fraction of sp³-hybridized carbons (Fsp3) is 0.682. The Morgan fingerprint density at radius 2 is 2.07 bits per heavy atom. The van der Waals surface area contributed by atoms with Crippen molar-refractivity contribution in [1.82, 2.24) is 10.2 Å². The fourth-order valence-electron chi connectivity index (χ4n) is 4.41. The van der Waals surface area contributed by atoms with E-state index in [-0.39, 0.29) is 5.41 Å². The molecule has 3 aliphatic rings. The maximum atomic E-state index is 5.70. The highest BCUT2D eigenvalue weighted by Crippen LogP contribution is 2.40. The first-order valence-electron chi connectivity index (χ1n) is 10.7. The van der Waals surface area contributed by atoms with E-state index >= 15 is 0 Å². The van der Waals surface area contributed by atoms with Gasteiger partial charge in [-0.2, -0.15) is 11.8 Å². The second kappa shape index (κ2) is 9.04. The minimum Gasteiger partial charge on any atom is -0.454 e. The van der Waals surface area contributed by atoms with Crippen LogP contribution in [0.25, 0.3) is 0 Å². The standard InChI is InChI=1S/C22H33N3O3S/c1-16(2)20-13-25(8-11-29-20)21(23-3)24-14-22(6-9-26-10-7-22)17-4-5-18-19(12-17)28-15-27-18/h4-5,12,16,20H,6-11,13-15H2,1-3H3,(H,23,24). The molecule has 0 aliphatic carbocycles. The van der Waals surface area contributed by atoms with Crippen molar-refractivity contribution in [1.29, 1.82) is 0 Å². The van der Waals surface area contributed by atoms with Crippen LogP contribution < -0.4 is 14.8 Å². The highest BCUT2D eigenvalue weighted by Gasteiger charge is 2.36. The van der Waals surface area contributed by atoms with E-state index in [1.165, 1.54) is 5.56 Å². The number of ether oxygens (including phenoxy) is 3. The first-order valence-corrected chi connectivity index (χ1v) is 11.7. The second-order valence-electron chi connectivity index (χ2n) is 8.46. The Hall–Kier alpha value is -1.60. The van der Waals surface area contributed by atoms with Crippen molar-refractivity contribution in [3.8, 4) is 11.5 Å². The lowest BCUT2D eigenvalue weighted by atomic mass is 9.74. The van der Waals surface area contributed by atoms with Crippen molar-refractivity contribution in [2.45, 2.75) is 37.4 Å². The maximum Gasteiger partial charge on any atom is 0.231 e. The van der Waals surface area contributed by atoms with E-state index < -0.39 is 0 Å². The van der Waals surface area contributed by atoms with Gasteiger partial charge in [0.25, 0.3) is 0 Å². The third-order valence-corrected chi connectivity index (χ3v) is 7.91. The minimum absolute atomic E-state index is 0.0111. The highest BCUT2D eigenvalue weighted by molar-refractivity contribution is 8.00. The number of aliphatic imine (C=N–C) groups is 1. The third-order valence-electron chi connectivity index (χ3n) is 6.37. The number of fused-ring (bicyclic) bond motifs is 1. The maximum absolute atomic E-state index is 5.70. The topological polar surface area (TPSA) is 55.3 Å². The number of hydrogen-bond acceptors (Lipinski definition) is 5. The molecular weight excluding hydrogens is 386 g/mol. The van der Waals surface area contributed by atoms with E-state index in [0.717, 1.165) is 68.9 Å². The summed E-state index contributed by atoms with van der Waals surface area (Å²) in [6.07, 6.45) is 1.97. The molecule has 6 nitrogen and oxygen atoms in total. The molecule has 7 heteroatoms. The zero-order valence-corrected chi connectivity index (χ0v) is 18.6. The summed E-state index contributed by atoms with van der Waals surface area (Å²) in [4.78, 5) is 7.04. The quantitative estimate of drug-likeness (QED) is 0.598. The van der Waals surface area contributed by atoms with E-state index in [4.69, 9.17) is 14.2 Å². The molecule has 1 aromatic rings. The van der Waals surface area contributed by atoms with E-state index in [1.54, 1.807) is 0 Å². The summed E-state index contributed by atoms with van der Waals surface area (Å²) in [6.45, 7) is 9.45. The Morgan fingerprint density at radius 3 is 2.83 bits per heavy atom. The van der Waals surface area contributed by atoms with Crippen LogP contribution in [-0.2, 0) is 10.2 Å². The average Bonchev–Trinajstić information content (AvgIpc) is 3.23. The van der Waals surface area contributed by atoms with Crippen molar-refractivity contribution in [2.75, 3.05) is 52.4 Å². The lowest BCUT2D eigenvalue weighted by Gasteiger charge is -2.41. The number of nitrogens with one attached hydrogen (secondary N) is 1. The molecule has 0 aromatic heterocycles. The largest absolute Gasteiger partial charge is 0.454 e. The van der Waals surface area contributed by atoms with Gasteiger partial charge in [-0.3, -0.25) is 4.99 Å². The number of benzene rings is 1. The van der Waals surface area contributed by atoms with Gasteiger partial charge in [0.2, 0.25) is 6.79 Å². The van der Waals surface area contributed by atoms with Crippen LogP contribution in [0, 0.1) is 5.92 Å². The number of rotatable bonds is 4. The van der Waals surface area contributed by atoms with Gasteiger partial charge in [-0.15, -0.1) is 0 Å². The molecule has 4 rings (SSSR count). The van der Waals surface area contributed by atoms with Crippen molar-refractivity contribution in [3.63, 3.8) is 0 Å². The van der Waals surface area contributed by atoms with Crippen LogP contribution in [-0.4, -0.2) is 68.6 Å². The molecule has 2 fully saturated rings. The molecule has 1 aromatic carbocycles. The van der Waals surface area contributed by atoms with Crippen LogP contribution in [0.3, 0.4) is 0 Å². The molecule has 1 unspecified atom stereocenters. The molecule has 0 radical (unpaired) electrons. The van der Waals surface area contributed by atoms with Gasteiger partial charge >= 0.3 is 0 Å². The molecule has 3 aliphatic heterocycles. The molecule has 1 N–H and O–H groups in total. The Morgan fingerprint density at radius 1 is 1.28 bits per heavy atom. The molecule has 0 bridgehead atoms. The van der Waals surface area contributed by atoms with E-state index in [0.29, 0.717) is 18.0 Å². The van der Waals surface area contributed by atoms with Crippen LogP contribution in [0.5, 0.6) is 11.5 Å². The molecule has 3 heterocycles. The third kappa shape index (κ3) is 4.45. The van der Waals surface area contributed by atoms with E-state index in [1.807, 2.05) is 13.1 Å². The van der Waals surface area contributed by atoms with Crippen molar-refractivity contribution >= 4 is 17.7 Å². The molecule has 2 saturated heterocycles. The van der Waals surface area contributed by atoms with Gasteiger partial charge in [0.1, 0.15) is 0 Å². The van der Waals surface area contributed by atoms with Crippen molar-refractivity contribution in [3.05, 3.63) is 23.8 Å². The number of thioether (sulfide) groups is 1. The van der Waals surface area contributed by atoms with E-state index in [2.05, 4.69) is 53.0 Å². The van der Waals surface area contributed by atoms with Crippen LogP contribution in [0.1, 0.15) is 32.3 Å². The Labute approximate surface area is 178 Å². The highest BCUT2D eigenvalue weighted by atomic mass is 32.2. The lowest BCUT2D eigenvalue weighted by Crippen LogP contribution is -2.52.